The van der Waals surface area contributed by atoms with Gasteiger partial charge in [0.25, 0.3) is 0 Å². The van der Waals surface area contributed by atoms with Gasteiger partial charge in [-0.15, -0.1) is 10.2 Å². The smallest absolute Gasteiger partial charge is 0.247 e. The topological polar surface area (TPSA) is 51.0 Å². The molecule has 0 fully saturated rings. The summed E-state index contributed by atoms with van der Waals surface area (Å²) in [6, 6.07) is 12.0. The number of nitrogens with one attached hydrogen (secondary N) is 1. The van der Waals surface area contributed by atoms with E-state index in [1.807, 2.05) is 24.3 Å². The maximum atomic E-state index is 13.2. The van der Waals surface area contributed by atoms with Gasteiger partial charge in [-0.05, 0) is 48.0 Å². The summed E-state index contributed by atoms with van der Waals surface area (Å²) in [5.74, 6) is 0.129. The van der Waals surface area contributed by atoms with E-state index in [-0.39, 0.29) is 5.82 Å². The van der Waals surface area contributed by atoms with Crippen molar-refractivity contribution in [3.05, 3.63) is 65.3 Å². The number of hydrogen-bond donors (Lipinski definition) is 1. The molecule has 0 unspecified atom stereocenters. The molecule has 0 saturated heterocycles. The van der Waals surface area contributed by atoms with Crippen LogP contribution in [0.3, 0.4) is 0 Å². The Kier molecular flexibility index (Phi) is 3.83. The Morgan fingerprint density at radius 3 is 2.62 bits per heavy atom. The number of benzene rings is 2. The molecule has 2 aromatic carbocycles. The minimum atomic E-state index is -0.342. The van der Waals surface area contributed by atoms with Gasteiger partial charge in [0.05, 0.1) is 0 Å². The van der Waals surface area contributed by atoms with Crippen LogP contribution in [0.2, 0.25) is 5.02 Å². The maximum absolute atomic E-state index is 13.2. The summed E-state index contributed by atoms with van der Waals surface area (Å²) < 4.78 is 18.3. The second-order valence-corrected chi connectivity index (χ2v) is 4.89. The molecule has 3 rings (SSSR count). The number of hydrogen-bond acceptors (Lipinski definition) is 4. The van der Waals surface area contributed by atoms with Crippen LogP contribution in [0.25, 0.3) is 11.5 Å². The highest BCUT2D eigenvalue weighted by molar-refractivity contribution is 6.30. The predicted octanol–water partition coefficient (Wildman–Crippen LogP) is 4.14. The van der Waals surface area contributed by atoms with Crippen molar-refractivity contribution >= 4 is 17.3 Å². The monoisotopic (exact) mass is 303 g/mol. The van der Waals surface area contributed by atoms with E-state index >= 15 is 0 Å². The minimum Gasteiger partial charge on any atom is -0.423 e. The molecule has 0 atom stereocenters. The normalized spacial score (nSPS) is 10.6. The second kappa shape index (κ2) is 5.93. The highest BCUT2D eigenvalue weighted by atomic mass is 35.5. The lowest BCUT2D eigenvalue weighted by molar-refractivity contribution is 0.568. The van der Waals surface area contributed by atoms with E-state index in [0.717, 1.165) is 16.8 Å². The van der Waals surface area contributed by atoms with Gasteiger partial charge in [-0.25, -0.2) is 4.39 Å². The van der Waals surface area contributed by atoms with E-state index in [4.69, 9.17) is 16.0 Å². The van der Waals surface area contributed by atoms with Crippen molar-refractivity contribution in [2.24, 2.45) is 0 Å². The molecule has 1 aromatic heterocycles. The first-order valence-electron chi connectivity index (χ1n) is 6.26. The van der Waals surface area contributed by atoms with Gasteiger partial charge >= 0.3 is 0 Å². The largest absolute Gasteiger partial charge is 0.423 e. The number of nitrogens with zero attached hydrogens (tertiary/aromatic N) is 2. The van der Waals surface area contributed by atoms with E-state index < -0.39 is 0 Å². The molecule has 106 valence electrons. The van der Waals surface area contributed by atoms with Crippen molar-refractivity contribution in [2.75, 3.05) is 5.32 Å². The van der Waals surface area contributed by atoms with Crippen molar-refractivity contribution in [3.8, 4) is 11.5 Å². The van der Waals surface area contributed by atoms with Crippen LogP contribution in [0.15, 0.2) is 53.3 Å². The summed E-state index contributed by atoms with van der Waals surface area (Å²) in [5, 5.41) is 11.1. The molecule has 0 aliphatic rings. The standard InChI is InChI=1S/C15H11ClFN3O/c16-12-5-10(6-13(17)7-12)8-18-14-3-1-11(2-4-14)15-20-19-9-21-15/h1-7,9,18H,8H2. The van der Waals surface area contributed by atoms with Gasteiger partial charge in [0.15, 0.2) is 0 Å². The van der Waals surface area contributed by atoms with Crippen molar-refractivity contribution in [1.82, 2.24) is 10.2 Å². The summed E-state index contributed by atoms with van der Waals surface area (Å²) in [4.78, 5) is 0. The first-order chi connectivity index (χ1) is 10.2. The van der Waals surface area contributed by atoms with Gasteiger partial charge in [0.1, 0.15) is 5.82 Å². The number of halogens is 2. The summed E-state index contributed by atoms with van der Waals surface area (Å²) in [7, 11) is 0. The van der Waals surface area contributed by atoms with Gasteiger partial charge in [-0.3, -0.25) is 0 Å². The van der Waals surface area contributed by atoms with Crippen molar-refractivity contribution in [1.29, 1.82) is 0 Å². The molecule has 0 aliphatic heterocycles. The average Bonchev–Trinajstić information content (AvgIpc) is 2.99. The molecular formula is C15H11ClFN3O. The molecule has 0 saturated carbocycles. The summed E-state index contributed by atoms with van der Waals surface area (Å²) in [5.41, 5.74) is 2.52. The van der Waals surface area contributed by atoms with Gasteiger partial charge in [-0.2, -0.15) is 0 Å². The van der Waals surface area contributed by atoms with Gasteiger partial charge < -0.3 is 9.73 Å². The molecule has 3 aromatic rings. The van der Waals surface area contributed by atoms with E-state index in [1.165, 1.54) is 18.5 Å². The maximum Gasteiger partial charge on any atom is 0.247 e. The van der Waals surface area contributed by atoms with Crippen LogP contribution < -0.4 is 5.32 Å². The Bertz CT molecular complexity index is 709. The van der Waals surface area contributed by atoms with Crippen LogP contribution in [0.4, 0.5) is 10.1 Å². The summed E-state index contributed by atoms with van der Waals surface area (Å²) >= 11 is 5.82. The zero-order valence-corrected chi connectivity index (χ0v) is 11.6. The average molecular weight is 304 g/mol. The number of anilines is 1. The van der Waals surface area contributed by atoms with E-state index in [2.05, 4.69) is 15.5 Å². The van der Waals surface area contributed by atoms with Crippen molar-refractivity contribution in [3.63, 3.8) is 0 Å². The SMILES string of the molecule is Fc1cc(Cl)cc(CNc2ccc(-c3nnco3)cc2)c1. The number of rotatable bonds is 4. The summed E-state index contributed by atoms with van der Waals surface area (Å²) in [6.45, 7) is 0.484. The first kappa shape index (κ1) is 13.6. The lowest BCUT2D eigenvalue weighted by Gasteiger charge is -2.07. The Morgan fingerprint density at radius 2 is 1.95 bits per heavy atom. The molecule has 4 nitrogen and oxygen atoms in total. The fraction of sp³-hybridized carbons (Fsp3) is 0.0667. The molecule has 0 radical (unpaired) electrons. The molecule has 0 amide bonds. The third kappa shape index (κ3) is 3.38. The molecule has 0 bridgehead atoms. The molecule has 1 N–H and O–H groups in total. The highest BCUT2D eigenvalue weighted by Gasteiger charge is 2.03. The zero-order chi connectivity index (χ0) is 14.7. The van der Waals surface area contributed by atoms with Gasteiger partial charge in [0.2, 0.25) is 12.3 Å². The van der Waals surface area contributed by atoms with E-state index in [1.54, 1.807) is 6.07 Å². The fourth-order valence-electron chi connectivity index (χ4n) is 1.95. The zero-order valence-electron chi connectivity index (χ0n) is 10.9. The highest BCUT2D eigenvalue weighted by Crippen LogP contribution is 2.20. The van der Waals surface area contributed by atoms with E-state index in [9.17, 15) is 4.39 Å². The lowest BCUT2D eigenvalue weighted by Crippen LogP contribution is -1.99. The van der Waals surface area contributed by atoms with Crippen LogP contribution in [0.5, 0.6) is 0 Å². The Balaban J connectivity index is 1.68. The minimum absolute atomic E-state index is 0.342. The van der Waals surface area contributed by atoms with Gasteiger partial charge in [-0.1, -0.05) is 11.6 Å². The summed E-state index contributed by atoms with van der Waals surface area (Å²) in [6.07, 6.45) is 1.29. The Labute approximate surface area is 125 Å². The predicted molar refractivity (Wildman–Crippen MR) is 78.5 cm³/mol. The molecule has 1 heterocycles. The van der Waals surface area contributed by atoms with Crippen LogP contribution in [0.1, 0.15) is 5.56 Å². The van der Waals surface area contributed by atoms with E-state index in [0.29, 0.717) is 17.5 Å². The fourth-order valence-corrected chi connectivity index (χ4v) is 2.19. The molecular weight excluding hydrogens is 293 g/mol. The van der Waals surface area contributed by atoms with Crippen molar-refractivity contribution in [2.45, 2.75) is 6.54 Å². The number of aromatic nitrogens is 2. The van der Waals surface area contributed by atoms with Crippen LogP contribution >= 0.6 is 11.6 Å². The Morgan fingerprint density at radius 1 is 1.14 bits per heavy atom. The first-order valence-corrected chi connectivity index (χ1v) is 6.64. The molecule has 6 heteroatoms. The lowest BCUT2D eigenvalue weighted by atomic mass is 10.2. The quantitative estimate of drug-likeness (QED) is 0.787. The molecule has 0 spiro atoms. The third-order valence-electron chi connectivity index (χ3n) is 2.91. The van der Waals surface area contributed by atoms with Gasteiger partial charge in [0, 0.05) is 22.8 Å². The molecule has 0 aliphatic carbocycles. The van der Waals surface area contributed by atoms with Crippen LogP contribution in [0, 0.1) is 5.82 Å². The Hall–Kier alpha value is -2.40. The van der Waals surface area contributed by atoms with Crippen molar-refractivity contribution < 1.29 is 8.81 Å². The third-order valence-corrected chi connectivity index (χ3v) is 3.13. The molecule has 21 heavy (non-hydrogen) atoms. The van der Waals surface area contributed by atoms with Crippen LogP contribution in [-0.4, -0.2) is 10.2 Å². The second-order valence-electron chi connectivity index (χ2n) is 4.45. The van der Waals surface area contributed by atoms with Crippen LogP contribution in [-0.2, 0) is 6.54 Å².